The Morgan fingerprint density at radius 1 is 1.10 bits per heavy atom. The second kappa shape index (κ2) is 10.4. The molecule has 0 saturated carbocycles. The number of aliphatic imine (C=N–C) groups is 1. The lowest BCUT2D eigenvalue weighted by molar-refractivity contribution is -0.00683. The number of nitrogens with one attached hydrogen (secondary N) is 3. The fourth-order valence-electron chi connectivity index (χ4n) is 3.42. The molecule has 29 heavy (non-hydrogen) atoms. The highest BCUT2D eigenvalue weighted by Gasteiger charge is 2.28. The minimum Gasteiger partial charge on any atom is -0.379 e. The maximum absolute atomic E-state index is 5.47. The van der Waals surface area contributed by atoms with Crippen LogP contribution in [0.5, 0.6) is 0 Å². The minimum atomic E-state index is 0.0133. The second-order valence-electron chi connectivity index (χ2n) is 7.85. The van der Waals surface area contributed by atoms with Gasteiger partial charge in [0.15, 0.2) is 5.96 Å². The maximum atomic E-state index is 5.47. The lowest BCUT2D eigenvalue weighted by Gasteiger charge is -2.39. The first-order chi connectivity index (χ1) is 14.1. The molecule has 3 N–H and O–H groups in total. The van der Waals surface area contributed by atoms with Crippen LogP contribution in [-0.4, -0.2) is 73.9 Å². The first-order valence-corrected chi connectivity index (χ1v) is 10.5. The minimum absolute atomic E-state index is 0.0133. The number of hydrogen-bond donors (Lipinski definition) is 3. The number of nitrogens with zero attached hydrogens (tertiary/aromatic N) is 3. The molecule has 7 nitrogen and oxygen atoms in total. The van der Waals surface area contributed by atoms with Crippen molar-refractivity contribution in [2.75, 3.05) is 57.8 Å². The Morgan fingerprint density at radius 2 is 1.90 bits per heavy atom. The number of ether oxygens (including phenoxy) is 1. The molecule has 0 aliphatic carbocycles. The lowest BCUT2D eigenvalue weighted by Crippen LogP contribution is -2.52. The second-order valence-corrected chi connectivity index (χ2v) is 7.85. The summed E-state index contributed by atoms with van der Waals surface area (Å²) in [5.41, 5.74) is 1.02. The molecule has 3 rings (SSSR count). The number of para-hydroxylation sites is 1. The van der Waals surface area contributed by atoms with Crippen LogP contribution in [0.15, 0.2) is 41.4 Å². The Hall–Kier alpha value is -2.38. The van der Waals surface area contributed by atoms with Crippen molar-refractivity contribution in [2.45, 2.75) is 26.3 Å². The third kappa shape index (κ3) is 6.30. The van der Waals surface area contributed by atoms with E-state index in [0.717, 1.165) is 75.2 Å². The molecule has 2 heterocycles. The van der Waals surface area contributed by atoms with Crippen molar-refractivity contribution in [3.8, 4) is 0 Å². The van der Waals surface area contributed by atoms with Gasteiger partial charge in [0, 0.05) is 43.6 Å². The number of fused-ring (bicyclic) bond motifs is 1. The fraction of sp³-hybridized carbons (Fsp3) is 0.545. The molecule has 0 radical (unpaired) electrons. The number of benzene rings is 1. The zero-order chi connectivity index (χ0) is 20.5. The van der Waals surface area contributed by atoms with E-state index in [1.807, 2.05) is 24.3 Å². The van der Waals surface area contributed by atoms with Gasteiger partial charge >= 0.3 is 0 Å². The summed E-state index contributed by atoms with van der Waals surface area (Å²) in [5, 5.41) is 11.3. The average molecular weight is 399 g/mol. The summed E-state index contributed by atoms with van der Waals surface area (Å²) in [7, 11) is 0. The SMILES string of the molecule is CCNC(=NCC(C)(C)N1CCOCC1)NCCNc1ccc2ccccc2n1. The topological polar surface area (TPSA) is 73.8 Å². The normalized spacial score (nSPS) is 16.0. The number of morpholine rings is 1. The summed E-state index contributed by atoms with van der Waals surface area (Å²) < 4.78 is 5.47. The molecule has 1 saturated heterocycles. The van der Waals surface area contributed by atoms with Gasteiger partial charge in [-0.2, -0.15) is 0 Å². The molecule has 0 amide bonds. The maximum Gasteiger partial charge on any atom is 0.191 e. The van der Waals surface area contributed by atoms with E-state index in [4.69, 9.17) is 9.73 Å². The van der Waals surface area contributed by atoms with Crippen molar-refractivity contribution in [3.63, 3.8) is 0 Å². The van der Waals surface area contributed by atoms with E-state index in [9.17, 15) is 0 Å². The molecular weight excluding hydrogens is 364 g/mol. The molecule has 0 unspecified atom stereocenters. The Labute approximate surface area is 173 Å². The van der Waals surface area contributed by atoms with E-state index in [2.05, 4.69) is 58.7 Å². The highest BCUT2D eigenvalue weighted by molar-refractivity contribution is 5.80. The summed E-state index contributed by atoms with van der Waals surface area (Å²) in [6.45, 7) is 13.2. The average Bonchev–Trinajstić information content (AvgIpc) is 2.75. The van der Waals surface area contributed by atoms with Crippen molar-refractivity contribution in [3.05, 3.63) is 36.4 Å². The first kappa shape index (κ1) is 21.3. The van der Waals surface area contributed by atoms with Crippen LogP contribution in [0.3, 0.4) is 0 Å². The number of pyridine rings is 1. The van der Waals surface area contributed by atoms with Crippen LogP contribution in [0.1, 0.15) is 20.8 Å². The van der Waals surface area contributed by atoms with Crippen LogP contribution in [0.25, 0.3) is 10.9 Å². The standard InChI is InChI=1S/C22H34N6O/c1-4-23-21(26-17-22(2,3)28-13-15-29-16-14-28)25-12-11-24-20-10-9-18-7-5-6-8-19(18)27-20/h5-10H,4,11-17H2,1-3H3,(H,24,27)(H2,23,25,26). The van der Waals surface area contributed by atoms with E-state index in [1.165, 1.54) is 0 Å². The molecule has 7 heteroatoms. The van der Waals surface area contributed by atoms with E-state index in [1.54, 1.807) is 0 Å². The van der Waals surface area contributed by atoms with Crippen LogP contribution in [-0.2, 0) is 4.74 Å². The summed E-state index contributed by atoms with van der Waals surface area (Å²) in [4.78, 5) is 11.9. The van der Waals surface area contributed by atoms with Crippen LogP contribution < -0.4 is 16.0 Å². The van der Waals surface area contributed by atoms with Crippen LogP contribution in [0, 0.1) is 0 Å². The van der Waals surface area contributed by atoms with Gasteiger partial charge < -0.3 is 20.7 Å². The number of guanidine groups is 1. The summed E-state index contributed by atoms with van der Waals surface area (Å²) in [6.07, 6.45) is 0. The molecule has 158 valence electrons. The number of rotatable bonds is 8. The summed E-state index contributed by atoms with van der Waals surface area (Å²) in [6, 6.07) is 12.3. The molecule has 1 aliphatic heterocycles. The van der Waals surface area contributed by atoms with Gasteiger partial charge in [0.2, 0.25) is 0 Å². The lowest BCUT2D eigenvalue weighted by atomic mass is 10.0. The summed E-state index contributed by atoms with van der Waals surface area (Å²) >= 11 is 0. The van der Waals surface area contributed by atoms with Gasteiger partial charge in [0.05, 0.1) is 25.3 Å². The largest absolute Gasteiger partial charge is 0.379 e. The van der Waals surface area contributed by atoms with E-state index < -0.39 is 0 Å². The Balaban J connectivity index is 1.48. The van der Waals surface area contributed by atoms with Gasteiger partial charge in [-0.05, 0) is 39.0 Å². The van der Waals surface area contributed by atoms with Gasteiger partial charge in [-0.25, -0.2) is 4.98 Å². The quantitative estimate of drug-likeness (QED) is 0.360. The van der Waals surface area contributed by atoms with E-state index >= 15 is 0 Å². The van der Waals surface area contributed by atoms with Crippen LogP contribution in [0.4, 0.5) is 5.82 Å². The molecule has 1 aliphatic rings. The summed E-state index contributed by atoms with van der Waals surface area (Å²) in [5.74, 6) is 1.74. The molecule has 1 aromatic heterocycles. The predicted molar refractivity (Wildman–Crippen MR) is 121 cm³/mol. The van der Waals surface area contributed by atoms with Crippen LogP contribution >= 0.6 is 0 Å². The number of anilines is 1. The molecular formula is C22H34N6O. The zero-order valence-corrected chi connectivity index (χ0v) is 17.9. The number of hydrogen-bond acceptors (Lipinski definition) is 5. The Kier molecular flexibility index (Phi) is 7.66. The molecule has 2 aromatic rings. The monoisotopic (exact) mass is 398 g/mol. The molecule has 1 fully saturated rings. The van der Waals surface area contributed by atoms with Crippen LogP contribution in [0.2, 0.25) is 0 Å². The van der Waals surface area contributed by atoms with Gasteiger partial charge in [-0.15, -0.1) is 0 Å². The molecule has 0 bridgehead atoms. The van der Waals surface area contributed by atoms with Crippen molar-refractivity contribution >= 4 is 22.7 Å². The third-order valence-electron chi connectivity index (χ3n) is 5.16. The predicted octanol–water partition coefficient (Wildman–Crippen LogP) is 2.31. The smallest absolute Gasteiger partial charge is 0.191 e. The Morgan fingerprint density at radius 3 is 2.69 bits per heavy atom. The van der Waals surface area contributed by atoms with Gasteiger partial charge in [-0.3, -0.25) is 9.89 Å². The first-order valence-electron chi connectivity index (χ1n) is 10.5. The van der Waals surface area contributed by atoms with Crippen molar-refractivity contribution in [1.29, 1.82) is 0 Å². The van der Waals surface area contributed by atoms with Crippen molar-refractivity contribution in [1.82, 2.24) is 20.5 Å². The zero-order valence-electron chi connectivity index (χ0n) is 17.9. The fourth-order valence-corrected chi connectivity index (χ4v) is 3.42. The molecule has 1 aromatic carbocycles. The van der Waals surface area contributed by atoms with E-state index in [0.29, 0.717) is 0 Å². The highest BCUT2D eigenvalue weighted by Crippen LogP contribution is 2.16. The van der Waals surface area contributed by atoms with Gasteiger partial charge in [-0.1, -0.05) is 18.2 Å². The number of aromatic nitrogens is 1. The van der Waals surface area contributed by atoms with E-state index in [-0.39, 0.29) is 5.54 Å². The Bertz CT molecular complexity index is 801. The van der Waals surface area contributed by atoms with Gasteiger partial charge in [0.1, 0.15) is 5.82 Å². The molecule has 0 spiro atoms. The molecule has 0 atom stereocenters. The highest BCUT2D eigenvalue weighted by atomic mass is 16.5. The van der Waals surface area contributed by atoms with Gasteiger partial charge in [0.25, 0.3) is 0 Å². The third-order valence-corrected chi connectivity index (χ3v) is 5.16. The van der Waals surface area contributed by atoms with Crippen molar-refractivity contribution in [2.24, 2.45) is 4.99 Å². The van der Waals surface area contributed by atoms with Crippen molar-refractivity contribution < 1.29 is 4.74 Å².